The Morgan fingerprint density at radius 3 is 2.71 bits per heavy atom. The molecule has 96 valence electrons. The number of hydrogen-bond donors (Lipinski definition) is 2. The maximum Gasteiger partial charge on any atom is 0.328 e. The van der Waals surface area contributed by atoms with Gasteiger partial charge in [-0.3, -0.25) is 0 Å². The Labute approximate surface area is 102 Å². The van der Waals surface area contributed by atoms with Gasteiger partial charge in [0.15, 0.2) is 0 Å². The first-order chi connectivity index (χ1) is 7.97. The Morgan fingerprint density at radius 1 is 1.53 bits per heavy atom. The smallest absolute Gasteiger partial charge is 0.328 e. The van der Waals surface area contributed by atoms with E-state index in [1.165, 1.54) is 30.7 Å². The second-order valence-electron chi connectivity index (χ2n) is 3.52. The molecule has 2 amide bonds. The van der Waals surface area contributed by atoms with E-state index in [9.17, 15) is 14.4 Å². The summed E-state index contributed by atoms with van der Waals surface area (Å²) in [5.41, 5.74) is 0. The molecule has 1 aliphatic rings. The highest BCUT2D eigenvalue weighted by molar-refractivity contribution is 7.99. The number of aliphatic carboxylic acids is 1. The van der Waals surface area contributed by atoms with Crippen LogP contribution in [0.5, 0.6) is 0 Å². The van der Waals surface area contributed by atoms with E-state index in [-0.39, 0.29) is 0 Å². The third-order valence-electron chi connectivity index (χ3n) is 2.32. The number of nitrogens with zero attached hydrogens (tertiary/aromatic N) is 1. The van der Waals surface area contributed by atoms with Gasteiger partial charge in [-0.1, -0.05) is 0 Å². The lowest BCUT2D eigenvalue weighted by atomic mass is 10.3. The number of methoxy groups -OCH3 is 1. The van der Waals surface area contributed by atoms with E-state index < -0.39 is 30.1 Å². The first kappa shape index (κ1) is 13.6. The molecule has 1 saturated heterocycles. The summed E-state index contributed by atoms with van der Waals surface area (Å²) >= 11 is 1.36. The van der Waals surface area contributed by atoms with Crippen molar-refractivity contribution in [2.75, 3.05) is 18.7 Å². The molecule has 0 aromatic carbocycles. The van der Waals surface area contributed by atoms with Gasteiger partial charge < -0.3 is 20.1 Å². The number of carbonyl (C=O) groups is 3. The lowest BCUT2D eigenvalue weighted by Crippen LogP contribution is -2.51. The molecule has 2 atom stereocenters. The highest BCUT2D eigenvalue weighted by Gasteiger charge is 2.35. The van der Waals surface area contributed by atoms with E-state index >= 15 is 0 Å². The average Bonchev–Trinajstić information content (AvgIpc) is 2.76. The molecule has 0 saturated carbocycles. The molecule has 0 aromatic rings. The normalized spacial score (nSPS) is 20.8. The summed E-state index contributed by atoms with van der Waals surface area (Å²) in [5, 5.41) is 11.3. The number of nitrogens with one attached hydrogen (secondary N) is 1. The Kier molecular flexibility index (Phi) is 4.62. The van der Waals surface area contributed by atoms with Gasteiger partial charge in [-0.2, -0.15) is 0 Å². The zero-order valence-corrected chi connectivity index (χ0v) is 10.3. The van der Waals surface area contributed by atoms with Gasteiger partial charge in [-0.25, -0.2) is 14.4 Å². The summed E-state index contributed by atoms with van der Waals surface area (Å²) < 4.78 is 4.46. The van der Waals surface area contributed by atoms with E-state index in [0.29, 0.717) is 11.6 Å². The van der Waals surface area contributed by atoms with Crippen molar-refractivity contribution in [3.05, 3.63) is 0 Å². The number of carboxylic acids is 1. The van der Waals surface area contributed by atoms with Crippen LogP contribution in [0.2, 0.25) is 0 Å². The van der Waals surface area contributed by atoms with Gasteiger partial charge in [0.1, 0.15) is 12.1 Å². The van der Waals surface area contributed by atoms with Gasteiger partial charge in [0.2, 0.25) is 0 Å². The van der Waals surface area contributed by atoms with Crippen LogP contribution in [0.25, 0.3) is 0 Å². The third kappa shape index (κ3) is 3.26. The van der Waals surface area contributed by atoms with Crippen LogP contribution in [0.4, 0.5) is 4.79 Å². The van der Waals surface area contributed by atoms with Crippen molar-refractivity contribution >= 4 is 29.7 Å². The molecule has 2 N–H and O–H groups in total. The topological polar surface area (TPSA) is 95.9 Å². The molecule has 0 bridgehead atoms. The summed E-state index contributed by atoms with van der Waals surface area (Å²) in [5.74, 6) is -0.959. The largest absolute Gasteiger partial charge is 0.480 e. The van der Waals surface area contributed by atoms with E-state index in [0.717, 1.165) is 0 Å². The molecule has 1 unspecified atom stereocenters. The Balaban J connectivity index is 2.58. The Hall–Kier alpha value is -1.44. The SMILES string of the molecule is COC(=O)C(C)NC(=O)N1CSC[C@H]1C(=O)O. The van der Waals surface area contributed by atoms with Crippen LogP contribution in [-0.4, -0.2) is 58.8 Å². The highest BCUT2D eigenvalue weighted by Crippen LogP contribution is 2.20. The van der Waals surface area contributed by atoms with E-state index in [4.69, 9.17) is 5.11 Å². The molecule has 1 aliphatic heterocycles. The number of ether oxygens (including phenoxy) is 1. The van der Waals surface area contributed by atoms with Gasteiger partial charge in [0.25, 0.3) is 0 Å². The first-order valence-corrected chi connectivity index (χ1v) is 6.08. The molecule has 17 heavy (non-hydrogen) atoms. The molecule has 1 fully saturated rings. The molecule has 1 rings (SSSR count). The molecule has 0 radical (unpaired) electrons. The molecule has 0 aromatic heterocycles. The lowest BCUT2D eigenvalue weighted by molar-refractivity contribution is -0.142. The average molecular weight is 262 g/mol. The minimum Gasteiger partial charge on any atom is -0.480 e. The number of esters is 1. The number of urea groups is 1. The van der Waals surface area contributed by atoms with Gasteiger partial charge >= 0.3 is 18.0 Å². The van der Waals surface area contributed by atoms with E-state index in [1.807, 2.05) is 0 Å². The summed E-state index contributed by atoms with van der Waals surface area (Å²) in [4.78, 5) is 34.9. The number of carboxylic acid groups (broad SMARTS) is 1. The highest BCUT2D eigenvalue weighted by atomic mass is 32.2. The first-order valence-electron chi connectivity index (χ1n) is 4.93. The van der Waals surface area contributed by atoms with Crippen molar-refractivity contribution in [1.29, 1.82) is 0 Å². The maximum atomic E-state index is 11.7. The molecule has 1 heterocycles. The summed E-state index contributed by atoms with van der Waals surface area (Å²) in [6, 6.07) is -2.21. The molecule has 7 nitrogen and oxygen atoms in total. The van der Waals surface area contributed by atoms with Crippen molar-refractivity contribution in [2.45, 2.75) is 19.0 Å². The number of amides is 2. The summed E-state index contributed by atoms with van der Waals surface area (Å²) in [6.45, 7) is 1.47. The Morgan fingerprint density at radius 2 is 2.18 bits per heavy atom. The van der Waals surface area contributed by atoms with Crippen LogP contribution in [0.3, 0.4) is 0 Å². The van der Waals surface area contributed by atoms with Crippen molar-refractivity contribution in [1.82, 2.24) is 10.2 Å². The van der Waals surface area contributed by atoms with Crippen molar-refractivity contribution in [3.8, 4) is 0 Å². The van der Waals surface area contributed by atoms with Gasteiger partial charge in [0.05, 0.1) is 13.0 Å². The van der Waals surface area contributed by atoms with Crippen LogP contribution in [0.15, 0.2) is 0 Å². The second-order valence-corrected chi connectivity index (χ2v) is 4.52. The van der Waals surface area contributed by atoms with Crippen LogP contribution in [-0.2, 0) is 14.3 Å². The minimum atomic E-state index is -1.05. The minimum absolute atomic E-state index is 0.302. The number of carbonyl (C=O) groups excluding carboxylic acids is 2. The van der Waals surface area contributed by atoms with Gasteiger partial charge in [-0.15, -0.1) is 11.8 Å². The molecule has 0 spiro atoms. The quantitative estimate of drug-likeness (QED) is 0.679. The number of thioether (sulfide) groups is 1. The van der Waals surface area contributed by atoms with E-state index in [1.54, 1.807) is 0 Å². The zero-order chi connectivity index (χ0) is 13.0. The van der Waals surface area contributed by atoms with Gasteiger partial charge in [0, 0.05) is 5.75 Å². The van der Waals surface area contributed by atoms with Crippen molar-refractivity contribution in [2.24, 2.45) is 0 Å². The lowest BCUT2D eigenvalue weighted by Gasteiger charge is -2.22. The van der Waals surface area contributed by atoms with E-state index in [2.05, 4.69) is 10.1 Å². The zero-order valence-electron chi connectivity index (χ0n) is 9.50. The molecular formula is C9H14N2O5S. The third-order valence-corrected chi connectivity index (χ3v) is 3.34. The molecular weight excluding hydrogens is 248 g/mol. The van der Waals surface area contributed by atoms with Crippen LogP contribution < -0.4 is 5.32 Å². The predicted octanol–water partition coefficient (Wildman–Crippen LogP) is -0.283. The van der Waals surface area contributed by atoms with Crippen LogP contribution in [0.1, 0.15) is 6.92 Å². The molecule has 0 aliphatic carbocycles. The standard InChI is InChI=1S/C9H14N2O5S/c1-5(8(14)16-2)10-9(15)11-4-17-3-6(11)7(12)13/h5-6H,3-4H2,1-2H3,(H,10,15)(H,12,13)/t5?,6-/m0/s1. The second kappa shape index (κ2) is 5.76. The van der Waals surface area contributed by atoms with Crippen LogP contribution in [0, 0.1) is 0 Å². The van der Waals surface area contributed by atoms with Gasteiger partial charge in [-0.05, 0) is 6.92 Å². The van der Waals surface area contributed by atoms with Crippen LogP contribution >= 0.6 is 11.8 Å². The number of hydrogen-bond acceptors (Lipinski definition) is 5. The Bertz CT molecular complexity index is 335. The fourth-order valence-corrected chi connectivity index (χ4v) is 2.50. The van der Waals surface area contributed by atoms with Crippen molar-refractivity contribution < 1.29 is 24.2 Å². The molecule has 8 heteroatoms. The summed E-state index contributed by atoms with van der Waals surface area (Å²) in [7, 11) is 1.22. The fraction of sp³-hybridized carbons (Fsp3) is 0.667. The predicted molar refractivity (Wildman–Crippen MR) is 60.6 cm³/mol. The fourth-order valence-electron chi connectivity index (χ4n) is 1.35. The maximum absolute atomic E-state index is 11.7. The summed E-state index contributed by atoms with van der Waals surface area (Å²) in [6.07, 6.45) is 0. The number of rotatable bonds is 3. The monoisotopic (exact) mass is 262 g/mol. The van der Waals surface area contributed by atoms with Crippen molar-refractivity contribution in [3.63, 3.8) is 0 Å².